The van der Waals surface area contributed by atoms with Crippen LogP contribution in [-0.4, -0.2) is 22.9 Å². The van der Waals surface area contributed by atoms with Gasteiger partial charge >= 0.3 is 0 Å². The summed E-state index contributed by atoms with van der Waals surface area (Å²) in [5.74, 6) is 0.0239. The fourth-order valence-electron chi connectivity index (χ4n) is 1.78. The SMILES string of the molecule is C=CCN(C(=O)c1cc(S)ccc1C)C(C)(C)C. The quantitative estimate of drug-likeness (QED) is 0.651. The molecule has 0 bridgehead atoms. The first-order valence-corrected chi connectivity index (χ1v) is 6.44. The average Bonchev–Trinajstić information content (AvgIpc) is 2.27. The molecule has 0 unspecified atom stereocenters. The van der Waals surface area contributed by atoms with E-state index in [9.17, 15) is 4.79 Å². The first kappa shape index (κ1) is 14.8. The zero-order chi connectivity index (χ0) is 13.9. The minimum Gasteiger partial charge on any atom is -0.330 e. The van der Waals surface area contributed by atoms with E-state index in [0.717, 1.165) is 10.5 Å². The summed E-state index contributed by atoms with van der Waals surface area (Å²) in [5, 5.41) is 0. The van der Waals surface area contributed by atoms with Crippen LogP contribution in [0.5, 0.6) is 0 Å². The number of thiol groups is 1. The van der Waals surface area contributed by atoms with E-state index in [1.807, 2.05) is 50.8 Å². The predicted molar refractivity (Wildman–Crippen MR) is 79.4 cm³/mol. The van der Waals surface area contributed by atoms with Crippen molar-refractivity contribution in [1.29, 1.82) is 0 Å². The van der Waals surface area contributed by atoms with Crippen LogP contribution in [-0.2, 0) is 0 Å². The van der Waals surface area contributed by atoms with Crippen molar-refractivity contribution < 1.29 is 4.79 Å². The Labute approximate surface area is 115 Å². The Morgan fingerprint density at radius 3 is 2.56 bits per heavy atom. The summed E-state index contributed by atoms with van der Waals surface area (Å²) in [6.45, 7) is 12.3. The second-order valence-corrected chi connectivity index (χ2v) is 5.89. The molecular weight excluding hydrogens is 242 g/mol. The standard InChI is InChI=1S/C15H21NOS/c1-6-9-16(15(3,4)5)14(17)13-10-12(18)8-7-11(13)2/h6-8,10,18H,1,9H2,2-5H3. The lowest BCUT2D eigenvalue weighted by Gasteiger charge is -2.35. The number of aryl methyl sites for hydroxylation is 1. The van der Waals surface area contributed by atoms with Crippen LogP contribution in [0.4, 0.5) is 0 Å². The number of nitrogens with zero attached hydrogens (tertiary/aromatic N) is 1. The molecule has 0 saturated heterocycles. The average molecular weight is 263 g/mol. The fraction of sp³-hybridized carbons (Fsp3) is 0.400. The third kappa shape index (κ3) is 3.39. The molecule has 3 heteroatoms. The molecule has 0 N–H and O–H groups in total. The second kappa shape index (κ2) is 5.61. The third-order valence-corrected chi connectivity index (χ3v) is 3.10. The Kier molecular flexibility index (Phi) is 4.63. The Morgan fingerprint density at radius 1 is 1.44 bits per heavy atom. The van der Waals surface area contributed by atoms with E-state index >= 15 is 0 Å². The van der Waals surface area contributed by atoms with Gasteiger partial charge in [0.25, 0.3) is 5.91 Å². The van der Waals surface area contributed by atoms with Crippen LogP contribution in [0.15, 0.2) is 35.7 Å². The minimum absolute atomic E-state index is 0.0239. The van der Waals surface area contributed by atoms with Gasteiger partial charge in [-0.15, -0.1) is 19.2 Å². The third-order valence-electron chi connectivity index (χ3n) is 2.82. The highest BCUT2D eigenvalue weighted by atomic mass is 32.1. The Hall–Kier alpha value is -1.22. The largest absolute Gasteiger partial charge is 0.330 e. The van der Waals surface area contributed by atoms with Gasteiger partial charge in [0.2, 0.25) is 0 Å². The lowest BCUT2D eigenvalue weighted by atomic mass is 10.0. The van der Waals surface area contributed by atoms with Gasteiger partial charge in [-0.05, 0) is 45.4 Å². The van der Waals surface area contributed by atoms with Crippen molar-refractivity contribution in [3.63, 3.8) is 0 Å². The number of hydrogen-bond acceptors (Lipinski definition) is 2. The lowest BCUT2D eigenvalue weighted by molar-refractivity contribution is 0.0615. The van der Waals surface area contributed by atoms with Crippen molar-refractivity contribution in [3.05, 3.63) is 42.0 Å². The molecule has 98 valence electrons. The zero-order valence-electron chi connectivity index (χ0n) is 11.5. The van der Waals surface area contributed by atoms with Gasteiger partial charge < -0.3 is 4.90 Å². The van der Waals surface area contributed by atoms with Gasteiger partial charge in [0, 0.05) is 22.5 Å². The number of hydrogen-bond donors (Lipinski definition) is 1. The van der Waals surface area contributed by atoms with Crippen molar-refractivity contribution in [2.24, 2.45) is 0 Å². The fourth-order valence-corrected chi connectivity index (χ4v) is 1.98. The molecule has 0 radical (unpaired) electrons. The summed E-state index contributed by atoms with van der Waals surface area (Å²) < 4.78 is 0. The Balaban J connectivity index is 3.17. The molecule has 0 aliphatic carbocycles. The molecule has 0 aliphatic heterocycles. The molecule has 2 nitrogen and oxygen atoms in total. The first-order valence-electron chi connectivity index (χ1n) is 6.00. The Bertz CT molecular complexity index is 460. The maximum absolute atomic E-state index is 12.6. The van der Waals surface area contributed by atoms with Crippen LogP contribution < -0.4 is 0 Å². The van der Waals surface area contributed by atoms with Crippen LogP contribution in [0.2, 0.25) is 0 Å². The summed E-state index contributed by atoms with van der Waals surface area (Å²) in [7, 11) is 0. The van der Waals surface area contributed by atoms with Gasteiger partial charge in [-0.3, -0.25) is 4.79 Å². The maximum Gasteiger partial charge on any atom is 0.254 e. The second-order valence-electron chi connectivity index (χ2n) is 5.37. The minimum atomic E-state index is -0.232. The Morgan fingerprint density at radius 2 is 2.06 bits per heavy atom. The van der Waals surface area contributed by atoms with Gasteiger partial charge in [-0.25, -0.2) is 0 Å². The molecule has 1 aromatic carbocycles. The molecule has 1 aromatic rings. The topological polar surface area (TPSA) is 20.3 Å². The highest BCUT2D eigenvalue weighted by Crippen LogP contribution is 2.21. The number of amides is 1. The summed E-state index contributed by atoms with van der Waals surface area (Å²) in [6.07, 6.45) is 1.75. The summed E-state index contributed by atoms with van der Waals surface area (Å²) >= 11 is 4.30. The van der Waals surface area contributed by atoms with E-state index in [-0.39, 0.29) is 11.4 Å². The van der Waals surface area contributed by atoms with Gasteiger partial charge in [-0.1, -0.05) is 12.1 Å². The van der Waals surface area contributed by atoms with Crippen molar-refractivity contribution in [2.45, 2.75) is 38.1 Å². The molecule has 0 aliphatic rings. The van der Waals surface area contributed by atoms with Crippen LogP contribution in [0.3, 0.4) is 0 Å². The van der Waals surface area contributed by atoms with Crippen LogP contribution in [0, 0.1) is 6.92 Å². The van der Waals surface area contributed by atoms with E-state index in [0.29, 0.717) is 12.1 Å². The smallest absolute Gasteiger partial charge is 0.254 e. The zero-order valence-corrected chi connectivity index (χ0v) is 12.4. The van der Waals surface area contributed by atoms with Gasteiger partial charge in [0.05, 0.1) is 0 Å². The maximum atomic E-state index is 12.6. The lowest BCUT2D eigenvalue weighted by Crippen LogP contribution is -2.45. The van der Waals surface area contributed by atoms with E-state index < -0.39 is 0 Å². The number of rotatable bonds is 3. The molecule has 18 heavy (non-hydrogen) atoms. The normalized spacial score (nSPS) is 11.2. The molecule has 0 atom stereocenters. The van der Waals surface area contributed by atoms with Crippen molar-refractivity contribution >= 4 is 18.5 Å². The first-order chi connectivity index (χ1) is 8.27. The predicted octanol–water partition coefficient (Wildman–Crippen LogP) is 3.71. The molecule has 0 fully saturated rings. The summed E-state index contributed by atoms with van der Waals surface area (Å²) in [5.41, 5.74) is 1.44. The summed E-state index contributed by atoms with van der Waals surface area (Å²) in [6, 6.07) is 5.64. The van der Waals surface area contributed by atoms with Crippen molar-refractivity contribution in [3.8, 4) is 0 Å². The monoisotopic (exact) mass is 263 g/mol. The van der Waals surface area contributed by atoms with Gasteiger partial charge in [-0.2, -0.15) is 0 Å². The van der Waals surface area contributed by atoms with Gasteiger partial charge in [0.15, 0.2) is 0 Å². The van der Waals surface area contributed by atoms with E-state index in [1.165, 1.54) is 0 Å². The van der Waals surface area contributed by atoms with Crippen molar-refractivity contribution in [1.82, 2.24) is 4.90 Å². The van der Waals surface area contributed by atoms with E-state index in [4.69, 9.17) is 0 Å². The van der Waals surface area contributed by atoms with Gasteiger partial charge in [0.1, 0.15) is 0 Å². The molecular formula is C15H21NOS. The summed E-state index contributed by atoms with van der Waals surface area (Å²) in [4.78, 5) is 15.2. The molecule has 0 heterocycles. The molecule has 0 spiro atoms. The van der Waals surface area contributed by atoms with Crippen LogP contribution in [0.1, 0.15) is 36.7 Å². The number of carbonyl (C=O) groups excluding carboxylic acids is 1. The van der Waals surface area contributed by atoms with Crippen LogP contribution >= 0.6 is 12.6 Å². The van der Waals surface area contributed by atoms with E-state index in [2.05, 4.69) is 19.2 Å². The highest BCUT2D eigenvalue weighted by molar-refractivity contribution is 7.80. The molecule has 0 saturated carbocycles. The molecule has 0 aromatic heterocycles. The number of benzene rings is 1. The molecule has 1 amide bonds. The highest BCUT2D eigenvalue weighted by Gasteiger charge is 2.27. The number of carbonyl (C=O) groups is 1. The van der Waals surface area contributed by atoms with E-state index in [1.54, 1.807) is 6.08 Å². The van der Waals surface area contributed by atoms with Crippen LogP contribution in [0.25, 0.3) is 0 Å². The van der Waals surface area contributed by atoms with Crippen molar-refractivity contribution in [2.75, 3.05) is 6.54 Å². The molecule has 1 rings (SSSR count).